The summed E-state index contributed by atoms with van der Waals surface area (Å²) in [6.45, 7) is 2.24. The van der Waals surface area contributed by atoms with Gasteiger partial charge in [-0.1, -0.05) is 48.6 Å². The first kappa shape index (κ1) is 22.2. The first-order valence-electron chi connectivity index (χ1n) is 12.9. The van der Waals surface area contributed by atoms with Crippen LogP contribution in [-0.4, -0.2) is 10.4 Å². The van der Waals surface area contributed by atoms with Gasteiger partial charge in [-0.25, -0.2) is 0 Å². The number of benzene rings is 2. The summed E-state index contributed by atoms with van der Waals surface area (Å²) < 4.78 is 2.34. The summed E-state index contributed by atoms with van der Waals surface area (Å²) in [6, 6.07) is 17.9. The topological polar surface area (TPSA) is 22.0 Å². The van der Waals surface area contributed by atoms with Gasteiger partial charge in [0.25, 0.3) is 0 Å². The van der Waals surface area contributed by atoms with Crippen LogP contribution in [0, 0.1) is 18.8 Å². The van der Waals surface area contributed by atoms with E-state index in [1.807, 2.05) is 0 Å². The fourth-order valence-corrected chi connectivity index (χ4v) is 6.38. The van der Waals surface area contributed by atoms with Crippen LogP contribution < -0.4 is 0 Å². The van der Waals surface area contributed by atoms with Gasteiger partial charge >= 0.3 is 0 Å². The third-order valence-corrected chi connectivity index (χ3v) is 8.31. The van der Waals surface area contributed by atoms with Crippen molar-refractivity contribution in [2.75, 3.05) is 0 Å². The van der Waals surface area contributed by atoms with E-state index < -0.39 is 0 Å². The van der Waals surface area contributed by atoms with Crippen LogP contribution in [0.5, 0.6) is 0 Å². The summed E-state index contributed by atoms with van der Waals surface area (Å²) in [4.78, 5) is 13.0. The largest absolute Gasteiger partial charge is 0.343 e. The van der Waals surface area contributed by atoms with Gasteiger partial charge < -0.3 is 4.57 Å². The minimum absolute atomic E-state index is 0.293. The number of rotatable bonds is 5. The Kier molecular flexibility index (Phi) is 6.53. The van der Waals surface area contributed by atoms with Crippen molar-refractivity contribution in [2.24, 2.45) is 18.9 Å². The number of aromatic nitrogens is 1. The first-order chi connectivity index (χ1) is 16.1. The quantitative estimate of drug-likeness (QED) is 0.368. The van der Waals surface area contributed by atoms with E-state index in [0.29, 0.717) is 23.5 Å². The molecule has 2 heteroatoms. The van der Waals surface area contributed by atoms with Gasteiger partial charge in [-0.15, -0.1) is 0 Å². The normalized spacial score (nSPS) is 21.9. The van der Waals surface area contributed by atoms with Crippen molar-refractivity contribution in [3.8, 4) is 11.3 Å². The first-order valence-corrected chi connectivity index (χ1v) is 12.9. The lowest BCUT2D eigenvalue weighted by Gasteiger charge is -2.29. The summed E-state index contributed by atoms with van der Waals surface area (Å²) in [6.07, 6.45) is 14.5. The molecule has 0 radical (unpaired) electrons. The molecule has 1 fully saturated rings. The highest BCUT2D eigenvalue weighted by Crippen LogP contribution is 2.39. The zero-order chi connectivity index (χ0) is 22.8. The summed E-state index contributed by atoms with van der Waals surface area (Å²) in [5.74, 6) is 2.01. The molecule has 172 valence electrons. The van der Waals surface area contributed by atoms with Crippen molar-refractivity contribution >= 4 is 16.7 Å². The van der Waals surface area contributed by atoms with Gasteiger partial charge in [0.15, 0.2) is 0 Å². The number of carbonyl (C=O) groups excluding carboxylic acids is 1. The molecule has 1 saturated carbocycles. The van der Waals surface area contributed by atoms with Gasteiger partial charge in [-0.2, -0.15) is 0 Å². The number of hydrogen-bond acceptors (Lipinski definition) is 1. The average Bonchev–Trinajstić information content (AvgIpc) is 3.00. The number of carbonyl (C=O) groups is 1. The van der Waals surface area contributed by atoms with E-state index in [4.69, 9.17) is 0 Å². The molecule has 2 aromatic carbocycles. The Balaban J connectivity index is 1.27. The minimum Gasteiger partial charge on any atom is -0.343 e. The van der Waals surface area contributed by atoms with Crippen molar-refractivity contribution in [3.63, 3.8) is 0 Å². The van der Waals surface area contributed by atoms with Crippen molar-refractivity contribution in [1.82, 2.24) is 4.57 Å². The maximum atomic E-state index is 13.0. The molecule has 2 aliphatic rings. The lowest BCUT2D eigenvalue weighted by atomic mass is 9.75. The molecule has 0 saturated heterocycles. The van der Waals surface area contributed by atoms with Crippen molar-refractivity contribution < 1.29 is 4.79 Å². The minimum atomic E-state index is 0.293. The Morgan fingerprint density at radius 1 is 0.909 bits per heavy atom. The maximum Gasteiger partial charge on any atom is 0.136 e. The average molecular weight is 440 g/mol. The fourth-order valence-electron chi connectivity index (χ4n) is 6.38. The highest BCUT2D eigenvalue weighted by atomic mass is 16.1. The lowest BCUT2D eigenvalue weighted by Crippen LogP contribution is -2.23. The molecule has 2 aliphatic carbocycles. The van der Waals surface area contributed by atoms with Gasteiger partial charge in [0, 0.05) is 30.3 Å². The summed E-state index contributed by atoms with van der Waals surface area (Å²) in [5.41, 5.74) is 6.72. The van der Waals surface area contributed by atoms with E-state index in [1.165, 1.54) is 46.1 Å². The SMILES string of the molecule is Cc1c(-c2cccc(C3CCC(C(=O)CC4CCC=CCC4)CC3)c2)n(C)c2ccccc12. The molecule has 33 heavy (non-hydrogen) atoms. The third kappa shape index (κ3) is 4.58. The number of para-hydroxylation sites is 1. The molecule has 0 N–H and O–H groups in total. The Labute approximate surface area is 198 Å². The number of ketones is 1. The number of fused-ring (bicyclic) bond motifs is 1. The fraction of sp³-hybridized carbons (Fsp3) is 0.452. The van der Waals surface area contributed by atoms with Gasteiger partial charge in [-0.3, -0.25) is 4.79 Å². The predicted molar refractivity (Wildman–Crippen MR) is 139 cm³/mol. The molecule has 0 unspecified atom stereocenters. The predicted octanol–water partition coefficient (Wildman–Crippen LogP) is 8.13. The van der Waals surface area contributed by atoms with E-state index >= 15 is 0 Å². The standard InChI is InChI=1S/C31H37NO/c1-22-28-14-7-8-15-29(28)32(2)31(22)27-13-9-12-26(21-27)24-16-18-25(19-17-24)30(33)20-23-10-5-3-4-6-11-23/h3-4,7-9,12-15,21,23-25H,5-6,10-11,16-20H2,1-2H3. The van der Waals surface area contributed by atoms with Crippen LogP contribution in [0.4, 0.5) is 0 Å². The second-order valence-electron chi connectivity index (χ2n) is 10.4. The van der Waals surface area contributed by atoms with Crippen LogP contribution in [0.25, 0.3) is 22.2 Å². The molecule has 1 heterocycles. The van der Waals surface area contributed by atoms with Crippen LogP contribution in [0.3, 0.4) is 0 Å². The van der Waals surface area contributed by atoms with Crippen LogP contribution in [0.1, 0.15) is 74.8 Å². The number of aryl methyl sites for hydroxylation is 2. The Bertz CT molecular complexity index is 1110. The number of Topliss-reactive ketones (excluding diaryl/α,β-unsaturated/α-hetero) is 1. The van der Waals surface area contributed by atoms with Crippen molar-refractivity contribution in [1.29, 1.82) is 0 Å². The van der Waals surface area contributed by atoms with Crippen LogP contribution in [-0.2, 0) is 11.8 Å². The summed E-state index contributed by atoms with van der Waals surface area (Å²) in [5, 5.41) is 1.34. The number of nitrogens with zero attached hydrogens (tertiary/aromatic N) is 1. The van der Waals surface area contributed by atoms with E-state index in [9.17, 15) is 4.79 Å². The molecular weight excluding hydrogens is 402 g/mol. The van der Waals surface area contributed by atoms with Crippen LogP contribution >= 0.6 is 0 Å². The maximum absolute atomic E-state index is 13.0. The molecule has 0 bridgehead atoms. The molecule has 3 aromatic rings. The van der Waals surface area contributed by atoms with Gasteiger partial charge in [-0.05, 0) is 98.9 Å². The van der Waals surface area contributed by atoms with Gasteiger partial charge in [0.05, 0.1) is 5.69 Å². The second-order valence-corrected chi connectivity index (χ2v) is 10.4. The van der Waals surface area contributed by atoms with E-state index in [-0.39, 0.29) is 0 Å². The summed E-state index contributed by atoms with van der Waals surface area (Å²) >= 11 is 0. The molecule has 2 nitrogen and oxygen atoms in total. The summed E-state index contributed by atoms with van der Waals surface area (Å²) in [7, 11) is 2.18. The molecule has 0 spiro atoms. The van der Waals surface area contributed by atoms with E-state index in [2.05, 4.69) is 79.2 Å². The monoisotopic (exact) mass is 439 g/mol. The van der Waals surface area contributed by atoms with Crippen molar-refractivity contribution in [3.05, 3.63) is 71.8 Å². The molecule has 1 aromatic heterocycles. The number of hydrogen-bond donors (Lipinski definition) is 0. The third-order valence-electron chi connectivity index (χ3n) is 8.31. The zero-order valence-corrected chi connectivity index (χ0v) is 20.2. The van der Waals surface area contributed by atoms with Gasteiger partial charge in [0.2, 0.25) is 0 Å². The molecule has 0 amide bonds. The molecule has 0 aliphatic heterocycles. The van der Waals surface area contributed by atoms with E-state index in [0.717, 1.165) is 44.9 Å². The van der Waals surface area contributed by atoms with Crippen LogP contribution in [0.2, 0.25) is 0 Å². The molecular formula is C31H37NO. The smallest absolute Gasteiger partial charge is 0.136 e. The lowest BCUT2D eigenvalue weighted by molar-refractivity contribution is -0.124. The zero-order valence-electron chi connectivity index (χ0n) is 20.2. The van der Waals surface area contributed by atoms with E-state index in [1.54, 1.807) is 0 Å². The second kappa shape index (κ2) is 9.71. The Morgan fingerprint density at radius 2 is 1.64 bits per heavy atom. The van der Waals surface area contributed by atoms with Gasteiger partial charge in [0.1, 0.15) is 5.78 Å². The van der Waals surface area contributed by atoms with Crippen molar-refractivity contribution in [2.45, 2.75) is 70.6 Å². The molecule has 0 atom stereocenters. The highest BCUT2D eigenvalue weighted by Gasteiger charge is 2.28. The Hall–Kier alpha value is -2.61. The Morgan fingerprint density at radius 3 is 2.36 bits per heavy atom. The number of allylic oxidation sites excluding steroid dienone is 2. The molecule has 5 rings (SSSR count). The highest BCUT2D eigenvalue weighted by molar-refractivity contribution is 5.91. The van der Waals surface area contributed by atoms with Crippen LogP contribution in [0.15, 0.2) is 60.7 Å².